The highest BCUT2D eigenvalue weighted by Crippen LogP contribution is 2.32. The smallest absolute Gasteiger partial charge is 0.307 e. The van der Waals surface area contributed by atoms with E-state index >= 15 is 0 Å². The van der Waals surface area contributed by atoms with E-state index < -0.39 is 5.25 Å². The molecular weight excluding hydrogens is 436 g/mol. The maximum Gasteiger partial charge on any atom is 0.307 e. The number of hydrogen-bond donors (Lipinski definition) is 2. The van der Waals surface area contributed by atoms with E-state index in [1.54, 1.807) is 24.3 Å². The van der Waals surface area contributed by atoms with E-state index in [-0.39, 0.29) is 36.8 Å². The number of thioether (sulfide) groups is 2. The molecule has 0 radical (unpaired) electrons. The van der Waals surface area contributed by atoms with Crippen LogP contribution >= 0.6 is 23.5 Å². The van der Waals surface area contributed by atoms with Gasteiger partial charge in [0.2, 0.25) is 5.91 Å². The normalized spacial score (nSPS) is 19.3. The van der Waals surface area contributed by atoms with Gasteiger partial charge in [-0.15, -0.1) is 0 Å². The Morgan fingerprint density at radius 1 is 1.32 bits per heavy atom. The number of hydrogen-bond acceptors (Lipinski definition) is 7. The van der Waals surface area contributed by atoms with Crippen molar-refractivity contribution in [1.29, 1.82) is 5.41 Å². The van der Waals surface area contributed by atoms with Gasteiger partial charge in [0.1, 0.15) is 5.25 Å². The van der Waals surface area contributed by atoms with Crippen molar-refractivity contribution < 1.29 is 19.1 Å². The van der Waals surface area contributed by atoms with Gasteiger partial charge in [0.15, 0.2) is 5.17 Å². The molecule has 2 atom stereocenters. The molecule has 0 spiro atoms. The lowest BCUT2D eigenvalue weighted by atomic mass is 10.1. The molecular formula is C21H28N4O4S2. The SMILES string of the molecule is CCCCN1C(=NC(=O)c2ccc(SC=N)cc2)SC(C(=O)NCCC(=O)OC)C1C. The van der Waals surface area contributed by atoms with Crippen LogP contribution in [0.25, 0.3) is 0 Å². The maximum absolute atomic E-state index is 12.7. The number of rotatable bonds is 10. The van der Waals surface area contributed by atoms with E-state index in [1.807, 2.05) is 11.8 Å². The van der Waals surface area contributed by atoms with Gasteiger partial charge >= 0.3 is 5.97 Å². The average Bonchev–Trinajstić information content (AvgIpc) is 3.07. The zero-order chi connectivity index (χ0) is 22.8. The van der Waals surface area contributed by atoms with Crippen LogP contribution < -0.4 is 5.32 Å². The van der Waals surface area contributed by atoms with Crippen LogP contribution in [0.4, 0.5) is 0 Å². The van der Waals surface area contributed by atoms with Crippen molar-refractivity contribution >= 4 is 52.0 Å². The molecule has 2 rings (SSSR count). The Labute approximate surface area is 191 Å². The van der Waals surface area contributed by atoms with Gasteiger partial charge in [-0.3, -0.25) is 14.4 Å². The molecule has 31 heavy (non-hydrogen) atoms. The first kappa shape index (κ1) is 24.9. The van der Waals surface area contributed by atoms with Crippen LogP contribution in [0, 0.1) is 5.41 Å². The standard InChI is InChI=1S/C21H28N4O4S2/c1-4-5-12-25-14(2)18(20(28)23-11-10-17(26)29-3)31-21(25)24-19(27)15-6-8-16(9-7-15)30-13-22/h6-9,13-14,18,22H,4-5,10-12H2,1-3H3,(H,23,28). The van der Waals surface area contributed by atoms with Gasteiger partial charge in [0, 0.05) is 29.6 Å². The molecule has 0 saturated carbocycles. The topological polar surface area (TPSA) is 112 Å². The van der Waals surface area contributed by atoms with Gasteiger partial charge in [-0.2, -0.15) is 4.99 Å². The number of aliphatic imine (C=N–C) groups is 1. The summed E-state index contributed by atoms with van der Waals surface area (Å²) < 4.78 is 4.59. The first-order valence-corrected chi connectivity index (χ1v) is 11.8. The van der Waals surface area contributed by atoms with Crippen LogP contribution in [0.2, 0.25) is 0 Å². The molecule has 1 fully saturated rings. The van der Waals surface area contributed by atoms with Crippen LogP contribution in [0.1, 0.15) is 43.5 Å². The second-order valence-corrected chi connectivity index (χ2v) is 8.95. The van der Waals surface area contributed by atoms with E-state index in [0.717, 1.165) is 17.7 Å². The number of amides is 2. The largest absolute Gasteiger partial charge is 0.469 e. The monoisotopic (exact) mass is 464 g/mol. The number of nitrogens with one attached hydrogen (secondary N) is 2. The number of nitrogens with zero attached hydrogens (tertiary/aromatic N) is 2. The highest BCUT2D eigenvalue weighted by molar-refractivity contribution is 8.15. The molecule has 0 aromatic heterocycles. The van der Waals surface area contributed by atoms with Crippen LogP contribution in [-0.2, 0) is 14.3 Å². The highest BCUT2D eigenvalue weighted by atomic mass is 32.2. The zero-order valence-corrected chi connectivity index (χ0v) is 19.6. The Hall–Kier alpha value is -2.33. The zero-order valence-electron chi connectivity index (χ0n) is 17.9. The number of carbonyl (C=O) groups is 3. The van der Waals surface area contributed by atoms with Crippen molar-refractivity contribution in [2.75, 3.05) is 20.2 Å². The third kappa shape index (κ3) is 7.10. The first-order valence-electron chi connectivity index (χ1n) is 10.1. The predicted octanol–water partition coefficient (Wildman–Crippen LogP) is 3.17. The molecule has 2 unspecified atom stereocenters. The molecule has 1 aliphatic rings. The minimum absolute atomic E-state index is 0.110. The van der Waals surface area contributed by atoms with E-state index in [1.165, 1.54) is 36.2 Å². The number of ether oxygens (including phenoxy) is 1. The summed E-state index contributed by atoms with van der Waals surface area (Å²) in [5.74, 6) is -0.933. The van der Waals surface area contributed by atoms with Crippen molar-refractivity contribution in [1.82, 2.24) is 10.2 Å². The van der Waals surface area contributed by atoms with Gasteiger partial charge < -0.3 is 20.4 Å². The van der Waals surface area contributed by atoms with Crippen molar-refractivity contribution in [2.45, 2.75) is 49.3 Å². The molecule has 10 heteroatoms. The Balaban J connectivity index is 2.13. The predicted molar refractivity (Wildman–Crippen MR) is 125 cm³/mol. The molecule has 1 saturated heterocycles. The molecule has 1 aliphatic heterocycles. The van der Waals surface area contributed by atoms with Gasteiger partial charge in [-0.25, -0.2) is 0 Å². The maximum atomic E-state index is 12.7. The molecule has 168 valence electrons. The lowest BCUT2D eigenvalue weighted by Crippen LogP contribution is -2.43. The number of esters is 1. The summed E-state index contributed by atoms with van der Waals surface area (Å²) in [5, 5.41) is 10.0. The highest BCUT2D eigenvalue weighted by Gasteiger charge is 2.40. The molecule has 1 heterocycles. The lowest BCUT2D eigenvalue weighted by Gasteiger charge is -2.24. The second-order valence-electron chi connectivity index (χ2n) is 6.90. The molecule has 2 amide bonds. The van der Waals surface area contributed by atoms with Crippen molar-refractivity contribution in [2.24, 2.45) is 4.99 Å². The Bertz CT molecular complexity index is 829. The average molecular weight is 465 g/mol. The molecule has 1 aromatic rings. The van der Waals surface area contributed by atoms with Crippen LogP contribution in [0.3, 0.4) is 0 Å². The lowest BCUT2D eigenvalue weighted by molar-refractivity contribution is -0.140. The van der Waals surface area contributed by atoms with E-state index in [2.05, 4.69) is 22.0 Å². The van der Waals surface area contributed by atoms with Crippen LogP contribution in [-0.4, -0.2) is 64.9 Å². The minimum atomic E-state index is -0.424. The minimum Gasteiger partial charge on any atom is -0.469 e. The third-order valence-electron chi connectivity index (χ3n) is 4.77. The summed E-state index contributed by atoms with van der Waals surface area (Å²) in [4.78, 5) is 43.9. The number of benzene rings is 1. The summed E-state index contributed by atoms with van der Waals surface area (Å²) in [6.45, 7) is 4.94. The summed E-state index contributed by atoms with van der Waals surface area (Å²) in [7, 11) is 1.31. The van der Waals surface area contributed by atoms with Gasteiger partial charge in [-0.05, 0) is 37.6 Å². The van der Waals surface area contributed by atoms with Gasteiger partial charge in [-0.1, -0.05) is 36.9 Å². The van der Waals surface area contributed by atoms with Crippen molar-refractivity contribution in [3.8, 4) is 0 Å². The summed E-state index contributed by atoms with van der Waals surface area (Å²) in [6, 6.07) is 6.80. The summed E-state index contributed by atoms with van der Waals surface area (Å²) in [5.41, 5.74) is 1.69. The number of carbonyl (C=O) groups excluding carboxylic acids is 3. The fourth-order valence-corrected chi connectivity index (χ4v) is 4.71. The fourth-order valence-electron chi connectivity index (χ4n) is 2.99. The number of unbranched alkanes of at least 4 members (excludes halogenated alkanes) is 1. The van der Waals surface area contributed by atoms with Crippen molar-refractivity contribution in [3.05, 3.63) is 29.8 Å². The van der Waals surface area contributed by atoms with Gasteiger partial charge in [0.05, 0.1) is 19.1 Å². The fraction of sp³-hybridized carbons (Fsp3) is 0.476. The summed E-state index contributed by atoms with van der Waals surface area (Å²) in [6.07, 6.45) is 2.01. The van der Waals surface area contributed by atoms with Crippen molar-refractivity contribution in [3.63, 3.8) is 0 Å². The molecule has 0 bridgehead atoms. The van der Waals surface area contributed by atoms with Crippen LogP contribution in [0.5, 0.6) is 0 Å². The van der Waals surface area contributed by atoms with E-state index in [9.17, 15) is 14.4 Å². The Kier molecular flexibility index (Phi) is 10.1. The second kappa shape index (κ2) is 12.5. The molecule has 2 N–H and O–H groups in total. The number of amidine groups is 1. The third-order valence-corrected chi connectivity index (χ3v) is 6.83. The first-order chi connectivity index (χ1) is 14.9. The molecule has 1 aromatic carbocycles. The van der Waals surface area contributed by atoms with Crippen LogP contribution in [0.15, 0.2) is 34.2 Å². The Morgan fingerprint density at radius 2 is 2.03 bits per heavy atom. The van der Waals surface area contributed by atoms with E-state index in [4.69, 9.17) is 5.41 Å². The quantitative estimate of drug-likeness (QED) is 0.237. The summed E-state index contributed by atoms with van der Waals surface area (Å²) >= 11 is 2.54. The molecule has 0 aliphatic carbocycles. The van der Waals surface area contributed by atoms with Gasteiger partial charge in [0.25, 0.3) is 5.91 Å². The Morgan fingerprint density at radius 3 is 2.65 bits per heavy atom. The molecule has 8 nitrogen and oxygen atoms in total. The van der Waals surface area contributed by atoms with E-state index in [0.29, 0.717) is 17.3 Å². The number of methoxy groups -OCH3 is 1.